The Hall–Kier alpha value is -4.94. The van der Waals surface area contributed by atoms with Crippen molar-refractivity contribution in [2.75, 3.05) is 33.5 Å². The lowest BCUT2D eigenvalue weighted by molar-refractivity contribution is -0.300. The second-order valence-corrected chi connectivity index (χ2v) is 19.5. The van der Waals surface area contributed by atoms with Gasteiger partial charge in [-0.1, -0.05) is 63.2 Å². The minimum Gasteiger partial charge on any atom is -0.458 e. The van der Waals surface area contributed by atoms with Crippen LogP contribution in [0.4, 0.5) is 10.5 Å². The van der Waals surface area contributed by atoms with Gasteiger partial charge in [0.25, 0.3) is 0 Å². The number of esters is 2. The van der Waals surface area contributed by atoms with Gasteiger partial charge in [0.1, 0.15) is 17.6 Å². The number of nitrogens with zero attached hydrogens (tertiary/aromatic N) is 5. The number of Topliss-reactive ketones (excluding diaryl/α,β-unsaturated/α-hetero) is 1. The van der Waals surface area contributed by atoms with Crippen LogP contribution >= 0.6 is 0 Å². The fraction of sp³-hybridized carbons (Fsp3) is 0.640. The normalized spacial score (nSPS) is 34.3. The first-order valence-electron chi connectivity index (χ1n) is 23.7. The van der Waals surface area contributed by atoms with Crippen molar-refractivity contribution in [3.8, 4) is 11.3 Å². The number of amides is 1. The summed E-state index contributed by atoms with van der Waals surface area (Å²) in [6.07, 6.45) is -2.40. The molecule has 0 radical (unpaired) electrons. The summed E-state index contributed by atoms with van der Waals surface area (Å²) in [5.74, 6) is -4.81. The van der Waals surface area contributed by atoms with Crippen LogP contribution in [-0.2, 0) is 44.6 Å². The maximum atomic E-state index is 15.0. The molecule has 17 nitrogen and oxygen atoms in total. The molecule has 2 aromatic carbocycles. The lowest BCUT2D eigenvalue weighted by atomic mass is 9.73. The zero-order valence-corrected chi connectivity index (χ0v) is 41.0. The molecule has 1 unspecified atom stereocenters. The molecular formula is C50H72N6O11. The monoisotopic (exact) mass is 933 g/mol. The van der Waals surface area contributed by atoms with Gasteiger partial charge in [-0.25, -0.2) is 9.59 Å². The highest BCUT2D eigenvalue weighted by atomic mass is 16.7. The molecule has 14 atom stereocenters. The minimum atomic E-state index is -1.42. The number of aliphatic hydroxyl groups excluding tert-OH is 1. The van der Waals surface area contributed by atoms with Crippen LogP contribution in [0.3, 0.4) is 0 Å². The summed E-state index contributed by atoms with van der Waals surface area (Å²) in [5.41, 5.74) is 5.79. The summed E-state index contributed by atoms with van der Waals surface area (Å²) < 4.78 is 40.2. The number of hydrogen-bond donors (Lipinski definition) is 2. The number of aromatic nitrogens is 3. The number of methoxy groups -OCH3 is 1. The molecule has 67 heavy (non-hydrogen) atoms. The van der Waals surface area contributed by atoms with Gasteiger partial charge < -0.3 is 49.1 Å². The molecule has 3 N–H and O–H groups in total. The zero-order valence-electron chi connectivity index (χ0n) is 41.0. The van der Waals surface area contributed by atoms with Crippen molar-refractivity contribution in [1.29, 1.82) is 0 Å². The molecule has 4 heterocycles. The van der Waals surface area contributed by atoms with Gasteiger partial charge in [0.15, 0.2) is 18.0 Å². The first kappa shape index (κ1) is 51.5. The number of cyclic esters (lactones) is 1. The molecule has 1 amide bonds. The second-order valence-electron chi connectivity index (χ2n) is 19.5. The minimum absolute atomic E-state index is 0.117. The van der Waals surface area contributed by atoms with Crippen molar-refractivity contribution < 1.29 is 52.7 Å². The van der Waals surface area contributed by atoms with Crippen LogP contribution in [0.25, 0.3) is 11.3 Å². The molecule has 3 saturated heterocycles. The highest BCUT2D eigenvalue weighted by Gasteiger charge is 2.60. The number of ketones is 1. The number of aryl methyl sites for hydroxylation is 1. The van der Waals surface area contributed by atoms with Crippen molar-refractivity contribution in [1.82, 2.24) is 24.8 Å². The average Bonchev–Trinajstić information content (AvgIpc) is 3.88. The van der Waals surface area contributed by atoms with Crippen molar-refractivity contribution in [3.63, 3.8) is 0 Å². The van der Waals surface area contributed by atoms with E-state index in [9.17, 15) is 24.3 Å². The first-order valence-corrected chi connectivity index (χ1v) is 23.7. The van der Waals surface area contributed by atoms with Crippen LogP contribution < -0.4 is 5.73 Å². The first-order chi connectivity index (χ1) is 31.7. The quantitative estimate of drug-likeness (QED) is 0.0851. The zero-order chi connectivity index (χ0) is 49.0. The second kappa shape index (κ2) is 21.6. The summed E-state index contributed by atoms with van der Waals surface area (Å²) in [7, 11) is 5.31. The molecule has 6 rings (SSSR count). The Kier molecular flexibility index (Phi) is 16.6. The number of ether oxygens (including phenoxy) is 6. The van der Waals surface area contributed by atoms with Gasteiger partial charge in [0.05, 0.1) is 53.7 Å². The molecule has 0 spiro atoms. The Morgan fingerprint density at radius 3 is 2.34 bits per heavy atom. The standard InChI is InChI=1S/C50H72N6O11/c1-12-39-50(8)43(56(48(61)67-50)24-17-16-23-55-28-37(52-53-55)35-21-18-22-36(51)26-35)31(4)40(57)29(2)27-49(7,62-11)44(32(5)41(58)33(6)45(59)64-39)66-47-42(38(54(9)10)25-30(3)63-47)65-46(60)34-19-14-13-15-20-34/h13-15,18-22,26,28-33,38-39,41-44,47,58H,12,16-17,23-25,27,51H2,1-11H3/t29-,30-,31+,32+,33-,38+,39-,41+,42-,43?,44-,47+,49+,50-/m1/s1. The molecule has 0 saturated carbocycles. The van der Waals surface area contributed by atoms with Crippen LogP contribution in [0.15, 0.2) is 60.8 Å². The highest BCUT2D eigenvalue weighted by molar-refractivity contribution is 5.89. The predicted octanol–water partition coefficient (Wildman–Crippen LogP) is 6.17. The van der Waals surface area contributed by atoms with Crippen LogP contribution in [0, 0.1) is 23.7 Å². The van der Waals surface area contributed by atoms with E-state index < -0.39 is 89.7 Å². The number of likely N-dealkylation sites (N-methyl/N-ethyl adjacent to an activating group) is 1. The number of benzene rings is 2. The molecule has 3 aliphatic rings. The topological polar surface area (TPSA) is 207 Å². The van der Waals surface area contributed by atoms with E-state index in [-0.39, 0.29) is 37.3 Å². The van der Waals surface area contributed by atoms with Gasteiger partial charge in [-0.05, 0) is 98.2 Å². The highest BCUT2D eigenvalue weighted by Crippen LogP contribution is 2.44. The van der Waals surface area contributed by atoms with E-state index in [1.54, 1.807) is 67.6 Å². The third kappa shape index (κ3) is 11.2. The molecule has 3 aliphatic heterocycles. The number of carbonyl (C=O) groups is 4. The summed E-state index contributed by atoms with van der Waals surface area (Å²) in [5, 5.41) is 20.8. The predicted molar refractivity (Wildman–Crippen MR) is 249 cm³/mol. The number of anilines is 1. The van der Waals surface area contributed by atoms with Crippen LogP contribution in [0.5, 0.6) is 0 Å². The van der Waals surface area contributed by atoms with Crippen LogP contribution in [0.2, 0.25) is 0 Å². The van der Waals surface area contributed by atoms with Crippen molar-refractivity contribution in [2.45, 2.75) is 154 Å². The lowest BCUT2D eigenvalue weighted by Gasteiger charge is -2.48. The van der Waals surface area contributed by atoms with Gasteiger partial charge in [-0.2, -0.15) is 0 Å². The SMILES string of the molecule is CC[C@H]1OC(=O)[C@H](C)[C@@H](O)[C@H](C)[C@@H](O[C@@H]2O[C@H](C)C[C@H](N(C)C)[C@H]2OC(=O)c2ccccc2)[C@@](C)(OC)C[C@@H](C)C(=O)[C@H](C)C2N(CCCCn3cc(-c4cccc(N)c4)nn3)C(=O)O[C@@]21C. The molecule has 0 bridgehead atoms. The Morgan fingerprint density at radius 1 is 0.985 bits per heavy atom. The number of fused-ring (bicyclic) bond motifs is 1. The number of carbonyl (C=O) groups excluding carboxylic acids is 4. The third-order valence-corrected chi connectivity index (χ3v) is 14.4. The Labute approximate surface area is 394 Å². The number of rotatable bonds is 13. The fourth-order valence-corrected chi connectivity index (χ4v) is 10.5. The van der Waals surface area contributed by atoms with Gasteiger partial charge in [-0.15, -0.1) is 5.10 Å². The third-order valence-electron chi connectivity index (χ3n) is 14.4. The Morgan fingerprint density at radius 2 is 1.69 bits per heavy atom. The van der Waals surface area contributed by atoms with E-state index in [4.69, 9.17) is 34.2 Å². The number of nitrogen functional groups attached to an aromatic ring is 1. The van der Waals surface area contributed by atoms with Crippen molar-refractivity contribution in [2.24, 2.45) is 23.7 Å². The Bertz CT molecular complexity index is 2170. The van der Waals surface area contributed by atoms with Gasteiger partial charge in [0, 0.05) is 49.2 Å². The summed E-state index contributed by atoms with van der Waals surface area (Å²) in [6, 6.07) is 14.9. The summed E-state index contributed by atoms with van der Waals surface area (Å²) in [6.45, 7) is 15.0. The number of hydrogen-bond acceptors (Lipinski definition) is 15. The molecule has 3 aromatic rings. The molecule has 17 heteroatoms. The largest absolute Gasteiger partial charge is 0.458 e. The lowest BCUT2D eigenvalue weighted by Crippen LogP contribution is -2.61. The van der Waals surface area contributed by atoms with Gasteiger partial charge >= 0.3 is 18.0 Å². The summed E-state index contributed by atoms with van der Waals surface area (Å²) in [4.78, 5) is 60.5. The smallest absolute Gasteiger partial charge is 0.410 e. The molecule has 0 aliphatic carbocycles. The maximum Gasteiger partial charge on any atom is 0.410 e. The fourth-order valence-electron chi connectivity index (χ4n) is 10.5. The van der Waals surface area contributed by atoms with Crippen LogP contribution in [0.1, 0.15) is 97.9 Å². The Balaban J connectivity index is 1.29. The van der Waals surface area contributed by atoms with Crippen LogP contribution in [-0.4, -0.2) is 142 Å². The van der Waals surface area contributed by atoms with Gasteiger partial charge in [0.2, 0.25) is 0 Å². The van der Waals surface area contributed by atoms with E-state index in [1.165, 1.54) is 7.11 Å². The van der Waals surface area contributed by atoms with E-state index in [2.05, 4.69) is 10.3 Å². The maximum absolute atomic E-state index is 15.0. The average molecular weight is 933 g/mol. The number of aliphatic hydroxyl groups is 1. The van der Waals surface area contributed by atoms with Crippen molar-refractivity contribution in [3.05, 3.63) is 66.4 Å². The van der Waals surface area contributed by atoms with E-state index in [0.29, 0.717) is 42.8 Å². The van der Waals surface area contributed by atoms with E-state index >= 15 is 0 Å². The summed E-state index contributed by atoms with van der Waals surface area (Å²) >= 11 is 0. The number of unbranched alkanes of at least 4 members (excludes halogenated alkanes) is 1. The molecule has 1 aromatic heterocycles. The molecule has 368 valence electrons. The molecular weight excluding hydrogens is 861 g/mol. The van der Waals surface area contributed by atoms with Gasteiger partial charge in [-0.3, -0.25) is 14.3 Å². The van der Waals surface area contributed by atoms with Crippen molar-refractivity contribution >= 4 is 29.5 Å². The van der Waals surface area contributed by atoms with E-state index in [1.807, 2.05) is 77.2 Å². The molecule has 3 fully saturated rings. The number of nitrogens with two attached hydrogens (primary N) is 1. The van der Waals surface area contributed by atoms with E-state index in [0.717, 1.165) is 5.56 Å².